The van der Waals surface area contributed by atoms with Gasteiger partial charge in [-0.2, -0.15) is 4.31 Å². The van der Waals surface area contributed by atoms with Gasteiger partial charge in [-0.05, 0) is 42.7 Å². The number of carbonyl (C=O) groups excluding carboxylic acids is 1. The Morgan fingerprint density at radius 1 is 1.10 bits per heavy atom. The number of anilines is 1. The molecule has 0 unspecified atom stereocenters. The molecule has 0 radical (unpaired) electrons. The smallest absolute Gasteiger partial charge is 0.293 e. The number of amides is 1. The number of benzene rings is 2. The molecule has 3 rings (SSSR count). The Morgan fingerprint density at radius 3 is 2.32 bits per heavy atom. The van der Waals surface area contributed by atoms with E-state index >= 15 is 0 Å². The molecule has 1 fully saturated rings. The van der Waals surface area contributed by atoms with Crippen molar-refractivity contribution in [3.63, 3.8) is 0 Å². The standard InChI is InChI=1S/C21H26N4O5S/c1-23(2)19-11-8-17(14-20(19)25(27)28)21(26)22-15-16-6-9-18(10-7-16)31(29,30)24-12-4-3-5-13-24/h6-11,14H,3-5,12-13,15H2,1-2H3,(H,22,26). The van der Waals surface area contributed by atoms with Gasteiger partial charge < -0.3 is 10.2 Å². The number of hydrogen-bond acceptors (Lipinski definition) is 6. The number of nitro groups is 1. The molecule has 1 N–H and O–H groups in total. The molecule has 1 aliphatic heterocycles. The van der Waals surface area contributed by atoms with Gasteiger partial charge in [-0.3, -0.25) is 14.9 Å². The maximum absolute atomic E-state index is 12.7. The summed E-state index contributed by atoms with van der Waals surface area (Å²) in [5, 5.41) is 14.0. The summed E-state index contributed by atoms with van der Waals surface area (Å²) < 4.78 is 26.9. The van der Waals surface area contributed by atoms with E-state index in [1.165, 1.54) is 22.5 Å². The van der Waals surface area contributed by atoms with Gasteiger partial charge in [0.2, 0.25) is 10.0 Å². The number of rotatable bonds is 7. The third kappa shape index (κ3) is 5.20. The number of nitro benzene ring substituents is 1. The zero-order valence-corrected chi connectivity index (χ0v) is 18.4. The molecule has 0 bridgehead atoms. The molecule has 2 aromatic rings. The predicted octanol–water partition coefficient (Wildman–Crippen LogP) is 2.77. The lowest BCUT2D eigenvalue weighted by Gasteiger charge is -2.25. The number of piperidine rings is 1. The Bertz CT molecular complexity index is 1060. The molecule has 0 saturated carbocycles. The van der Waals surface area contributed by atoms with Crippen LogP contribution in [0.15, 0.2) is 47.4 Å². The summed E-state index contributed by atoms with van der Waals surface area (Å²) in [6.07, 6.45) is 2.79. The third-order valence-electron chi connectivity index (χ3n) is 5.25. The van der Waals surface area contributed by atoms with Crippen LogP contribution in [-0.4, -0.2) is 50.7 Å². The summed E-state index contributed by atoms with van der Waals surface area (Å²) in [5.41, 5.74) is 1.17. The summed E-state index contributed by atoms with van der Waals surface area (Å²) in [6, 6.07) is 10.7. The molecule has 166 valence electrons. The Kier molecular flexibility index (Phi) is 6.91. The van der Waals surface area contributed by atoms with Crippen LogP contribution in [0.4, 0.5) is 11.4 Å². The minimum atomic E-state index is -3.50. The lowest BCUT2D eigenvalue weighted by molar-refractivity contribution is -0.384. The molecule has 2 aromatic carbocycles. The van der Waals surface area contributed by atoms with Gasteiger partial charge in [0, 0.05) is 45.4 Å². The molecule has 1 aliphatic rings. The predicted molar refractivity (Wildman–Crippen MR) is 118 cm³/mol. The van der Waals surface area contributed by atoms with Crippen molar-refractivity contribution in [1.82, 2.24) is 9.62 Å². The summed E-state index contributed by atoms with van der Waals surface area (Å²) in [5.74, 6) is -0.446. The second-order valence-corrected chi connectivity index (χ2v) is 9.58. The van der Waals surface area contributed by atoms with Crippen molar-refractivity contribution in [3.05, 3.63) is 63.7 Å². The van der Waals surface area contributed by atoms with E-state index in [9.17, 15) is 23.3 Å². The number of carbonyl (C=O) groups is 1. The lowest BCUT2D eigenvalue weighted by Crippen LogP contribution is -2.35. The fourth-order valence-corrected chi connectivity index (χ4v) is 5.02. The van der Waals surface area contributed by atoms with E-state index in [1.807, 2.05) is 0 Å². The van der Waals surface area contributed by atoms with Crippen LogP contribution in [0.5, 0.6) is 0 Å². The third-order valence-corrected chi connectivity index (χ3v) is 7.16. The summed E-state index contributed by atoms with van der Waals surface area (Å²) in [7, 11) is -0.116. The first-order chi connectivity index (χ1) is 14.7. The first-order valence-corrected chi connectivity index (χ1v) is 11.5. The van der Waals surface area contributed by atoms with Crippen molar-refractivity contribution in [2.75, 3.05) is 32.1 Å². The molecular weight excluding hydrogens is 420 g/mol. The summed E-state index contributed by atoms with van der Waals surface area (Å²) >= 11 is 0. The highest BCUT2D eigenvalue weighted by atomic mass is 32.2. The minimum absolute atomic E-state index is 0.148. The monoisotopic (exact) mass is 446 g/mol. The fraction of sp³-hybridized carbons (Fsp3) is 0.381. The van der Waals surface area contributed by atoms with Gasteiger partial charge in [0.15, 0.2) is 0 Å². The van der Waals surface area contributed by atoms with Crippen molar-refractivity contribution in [2.24, 2.45) is 0 Å². The van der Waals surface area contributed by atoms with Gasteiger partial charge >= 0.3 is 0 Å². The van der Waals surface area contributed by atoms with E-state index in [0.717, 1.165) is 24.8 Å². The second kappa shape index (κ2) is 9.44. The Balaban J connectivity index is 1.67. The molecule has 1 amide bonds. The average Bonchev–Trinajstić information content (AvgIpc) is 2.77. The molecule has 10 heteroatoms. The van der Waals surface area contributed by atoms with E-state index in [2.05, 4.69) is 5.32 Å². The maximum atomic E-state index is 12.7. The SMILES string of the molecule is CN(C)c1ccc(C(=O)NCc2ccc(S(=O)(=O)N3CCCCC3)cc2)cc1[N+](=O)[O-]. The molecule has 0 spiro atoms. The van der Waals surface area contributed by atoms with Gasteiger partial charge in [0.1, 0.15) is 5.69 Å². The number of hydrogen-bond donors (Lipinski definition) is 1. The number of nitrogens with zero attached hydrogens (tertiary/aromatic N) is 3. The van der Waals surface area contributed by atoms with Crippen molar-refractivity contribution >= 4 is 27.3 Å². The van der Waals surface area contributed by atoms with Crippen LogP contribution in [0, 0.1) is 10.1 Å². The number of nitrogens with one attached hydrogen (secondary N) is 1. The van der Waals surface area contributed by atoms with Gasteiger partial charge in [-0.25, -0.2) is 8.42 Å². The largest absolute Gasteiger partial charge is 0.372 e. The van der Waals surface area contributed by atoms with Crippen LogP contribution in [0.2, 0.25) is 0 Å². The second-order valence-electron chi connectivity index (χ2n) is 7.65. The Labute approximate surface area is 181 Å². The van der Waals surface area contributed by atoms with E-state index in [4.69, 9.17) is 0 Å². The molecule has 0 aromatic heterocycles. The van der Waals surface area contributed by atoms with Gasteiger partial charge in [-0.1, -0.05) is 18.6 Å². The van der Waals surface area contributed by atoms with Crippen molar-refractivity contribution < 1.29 is 18.1 Å². The van der Waals surface area contributed by atoms with Crippen LogP contribution in [-0.2, 0) is 16.6 Å². The lowest BCUT2D eigenvalue weighted by atomic mass is 10.1. The van der Waals surface area contributed by atoms with Gasteiger partial charge in [0.25, 0.3) is 11.6 Å². The molecule has 1 saturated heterocycles. The highest BCUT2D eigenvalue weighted by Gasteiger charge is 2.25. The van der Waals surface area contributed by atoms with Crippen molar-refractivity contribution in [3.8, 4) is 0 Å². The average molecular weight is 447 g/mol. The van der Waals surface area contributed by atoms with Crippen LogP contribution < -0.4 is 10.2 Å². The van der Waals surface area contributed by atoms with Crippen LogP contribution in [0.1, 0.15) is 35.2 Å². The van der Waals surface area contributed by atoms with E-state index in [1.54, 1.807) is 43.3 Å². The van der Waals surface area contributed by atoms with Crippen molar-refractivity contribution in [1.29, 1.82) is 0 Å². The van der Waals surface area contributed by atoms with Gasteiger partial charge in [-0.15, -0.1) is 0 Å². The van der Waals surface area contributed by atoms with Crippen LogP contribution in [0.25, 0.3) is 0 Å². The first-order valence-electron chi connectivity index (χ1n) is 10.0. The Morgan fingerprint density at radius 2 is 1.74 bits per heavy atom. The zero-order chi connectivity index (χ0) is 22.6. The topological polar surface area (TPSA) is 113 Å². The summed E-state index contributed by atoms with van der Waals surface area (Å²) in [4.78, 5) is 25.1. The fourth-order valence-electron chi connectivity index (χ4n) is 3.51. The summed E-state index contributed by atoms with van der Waals surface area (Å²) in [6.45, 7) is 1.25. The highest BCUT2D eigenvalue weighted by Crippen LogP contribution is 2.27. The molecule has 0 aliphatic carbocycles. The molecule has 31 heavy (non-hydrogen) atoms. The van der Waals surface area contributed by atoms with Gasteiger partial charge in [0.05, 0.1) is 9.82 Å². The molecule has 0 atom stereocenters. The molecule has 1 heterocycles. The first kappa shape index (κ1) is 22.7. The quantitative estimate of drug-likeness (QED) is 0.517. The van der Waals surface area contributed by atoms with Crippen LogP contribution >= 0.6 is 0 Å². The zero-order valence-electron chi connectivity index (χ0n) is 17.6. The van der Waals surface area contributed by atoms with Crippen molar-refractivity contribution in [2.45, 2.75) is 30.7 Å². The van der Waals surface area contributed by atoms with E-state index in [-0.39, 0.29) is 22.7 Å². The minimum Gasteiger partial charge on any atom is -0.372 e. The maximum Gasteiger partial charge on any atom is 0.293 e. The Hall–Kier alpha value is -2.98. The molecular formula is C21H26N4O5S. The molecule has 9 nitrogen and oxygen atoms in total. The van der Waals surface area contributed by atoms with E-state index < -0.39 is 20.9 Å². The number of sulfonamides is 1. The van der Waals surface area contributed by atoms with E-state index in [0.29, 0.717) is 18.8 Å². The normalized spacial score (nSPS) is 14.8. The van der Waals surface area contributed by atoms with Crippen LogP contribution in [0.3, 0.4) is 0 Å². The highest BCUT2D eigenvalue weighted by molar-refractivity contribution is 7.89.